The first-order chi connectivity index (χ1) is 8.49. The van der Waals surface area contributed by atoms with E-state index in [1.807, 2.05) is 31.2 Å². The molecule has 0 atom stereocenters. The lowest BCUT2D eigenvalue weighted by Crippen LogP contribution is -2.21. The lowest BCUT2D eigenvalue weighted by molar-refractivity contribution is 0.0693. The van der Waals surface area contributed by atoms with Gasteiger partial charge in [-0.25, -0.2) is 9.78 Å². The quantitative estimate of drug-likeness (QED) is 0.843. The smallest absolute Gasteiger partial charge is 0.343 e. The van der Waals surface area contributed by atoms with Crippen LogP contribution in [0.1, 0.15) is 21.6 Å². The van der Waals surface area contributed by atoms with Gasteiger partial charge in [-0.1, -0.05) is 29.8 Å². The van der Waals surface area contributed by atoms with Gasteiger partial charge in [-0.3, -0.25) is 4.79 Å². The van der Waals surface area contributed by atoms with Gasteiger partial charge in [-0.15, -0.1) is 0 Å². The Labute approximate surface area is 103 Å². The summed E-state index contributed by atoms with van der Waals surface area (Å²) in [4.78, 5) is 29.1. The molecule has 0 fully saturated rings. The van der Waals surface area contributed by atoms with Crippen LogP contribution in [0, 0.1) is 13.8 Å². The number of benzene rings is 1. The topological polar surface area (TPSA) is 83.0 Å². The Kier molecular flexibility index (Phi) is 2.97. The number of nitrogens with one attached hydrogen (secondary N) is 1. The summed E-state index contributed by atoms with van der Waals surface area (Å²) >= 11 is 0. The fourth-order valence-corrected chi connectivity index (χ4v) is 1.69. The molecule has 92 valence electrons. The molecule has 1 heterocycles. The van der Waals surface area contributed by atoms with Crippen LogP contribution in [0.3, 0.4) is 0 Å². The monoisotopic (exact) mass is 244 g/mol. The normalized spacial score (nSPS) is 10.3. The van der Waals surface area contributed by atoms with Crippen LogP contribution in [0.15, 0.2) is 29.1 Å². The Hall–Kier alpha value is -2.43. The van der Waals surface area contributed by atoms with Crippen LogP contribution in [-0.2, 0) is 0 Å². The molecular weight excluding hydrogens is 232 g/mol. The molecule has 0 aliphatic carbocycles. The number of hydrogen-bond donors (Lipinski definition) is 2. The zero-order valence-electron chi connectivity index (χ0n) is 10.0. The molecule has 0 radical (unpaired) electrons. The number of aromatic carboxylic acids is 1. The van der Waals surface area contributed by atoms with Gasteiger partial charge in [-0.05, 0) is 13.8 Å². The van der Waals surface area contributed by atoms with Gasteiger partial charge in [-0.2, -0.15) is 0 Å². The zero-order valence-corrected chi connectivity index (χ0v) is 10.0. The van der Waals surface area contributed by atoms with Crippen molar-refractivity contribution in [2.45, 2.75) is 13.8 Å². The molecule has 0 saturated heterocycles. The first kappa shape index (κ1) is 12.0. The molecule has 0 saturated carbocycles. The Morgan fingerprint density at radius 3 is 2.33 bits per heavy atom. The van der Waals surface area contributed by atoms with E-state index in [9.17, 15) is 9.59 Å². The van der Waals surface area contributed by atoms with Gasteiger partial charge in [0.2, 0.25) is 0 Å². The summed E-state index contributed by atoms with van der Waals surface area (Å²) in [5.41, 5.74) is 1.11. The maximum Gasteiger partial charge on any atom is 0.343 e. The van der Waals surface area contributed by atoms with Crippen molar-refractivity contribution in [2.24, 2.45) is 0 Å². The Balaban J connectivity index is 2.58. The number of carbonyl (C=O) groups is 1. The standard InChI is InChI=1S/C13H12N2O3/c1-7-3-5-9(6-4-7)11-14-8(2)10(13(17)18)12(16)15-11/h3-6H,1-2H3,(H,17,18)(H,14,15,16). The van der Waals surface area contributed by atoms with Crippen LogP contribution >= 0.6 is 0 Å². The van der Waals surface area contributed by atoms with Gasteiger partial charge in [0.25, 0.3) is 5.56 Å². The highest BCUT2D eigenvalue weighted by Gasteiger charge is 2.15. The number of rotatable bonds is 2. The van der Waals surface area contributed by atoms with Gasteiger partial charge in [0.1, 0.15) is 11.4 Å². The van der Waals surface area contributed by atoms with Crippen molar-refractivity contribution in [3.63, 3.8) is 0 Å². The van der Waals surface area contributed by atoms with Gasteiger partial charge in [0, 0.05) is 5.56 Å². The van der Waals surface area contributed by atoms with E-state index in [2.05, 4.69) is 9.97 Å². The van der Waals surface area contributed by atoms with Crippen molar-refractivity contribution in [2.75, 3.05) is 0 Å². The summed E-state index contributed by atoms with van der Waals surface area (Å²) in [5, 5.41) is 8.88. The minimum absolute atomic E-state index is 0.210. The third kappa shape index (κ3) is 2.15. The van der Waals surface area contributed by atoms with E-state index < -0.39 is 11.5 Å². The zero-order chi connectivity index (χ0) is 13.3. The molecule has 0 aliphatic heterocycles. The molecule has 1 aromatic heterocycles. The van der Waals surface area contributed by atoms with Crippen LogP contribution in [-0.4, -0.2) is 21.0 Å². The molecule has 0 spiro atoms. The first-order valence-electron chi connectivity index (χ1n) is 5.40. The molecular formula is C13H12N2O3. The summed E-state index contributed by atoms with van der Waals surface area (Å²) < 4.78 is 0. The number of aromatic amines is 1. The highest BCUT2D eigenvalue weighted by atomic mass is 16.4. The Bertz CT molecular complexity index is 657. The highest BCUT2D eigenvalue weighted by Crippen LogP contribution is 2.15. The number of hydrogen-bond acceptors (Lipinski definition) is 3. The van der Waals surface area contributed by atoms with E-state index in [1.54, 1.807) is 0 Å². The van der Waals surface area contributed by atoms with Gasteiger partial charge < -0.3 is 10.1 Å². The highest BCUT2D eigenvalue weighted by molar-refractivity contribution is 5.88. The van der Waals surface area contributed by atoms with E-state index >= 15 is 0 Å². The van der Waals surface area contributed by atoms with Crippen molar-refractivity contribution in [1.82, 2.24) is 9.97 Å². The van der Waals surface area contributed by atoms with Gasteiger partial charge >= 0.3 is 5.97 Å². The molecule has 2 rings (SSSR count). The van der Waals surface area contributed by atoms with E-state index in [-0.39, 0.29) is 11.3 Å². The minimum atomic E-state index is -1.27. The summed E-state index contributed by atoms with van der Waals surface area (Å²) in [6, 6.07) is 7.45. The van der Waals surface area contributed by atoms with Crippen molar-refractivity contribution in [3.8, 4) is 11.4 Å². The Morgan fingerprint density at radius 2 is 1.83 bits per heavy atom. The van der Waals surface area contributed by atoms with Gasteiger partial charge in [0.15, 0.2) is 0 Å². The molecule has 5 heteroatoms. The lowest BCUT2D eigenvalue weighted by atomic mass is 10.1. The largest absolute Gasteiger partial charge is 0.477 e. The van der Waals surface area contributed by atoms with Crippen molar-refractivity contribution in [3.05, 3.63) is 51.4 Å². The second-order valence-corrected chi connectivity index (χ2v) is 4.05. The minimum Gasteiger partial charge on any atom is -0.477 e. The molecule has 18 heavy (non-hydrogen) atoms. The molecule has 2 N–H and O–H groups in total. The van der Waals surface area contributed by atoms with Crippen LogP contribution in [0.2, 0.25) is 0 Å². The summed E-state index contributed by atoms with van der Waals surface area (Å²) in [5.74, 6) is -0.890. The summed E-state index contributed by atoms with van der Waals surface area (Å²) in [6.45, 7) is 3.47. The van der Waals surface area contributed by atoms with Crippen molar-refractivity contribution in [1.29, 1.82) is 0 Å². The fourth-order valence-electron chi connectivity index (χ4n) is 1.69. The fraction of sp³-hybridized carbons (Fsp3) is 0.154. The predicted octanol–water partition coefficient (Wildman–Crippen LogP) is 1.75. The molecule has 1 aromatic carbocycles. The van der Waals surface area contributed by atoms with Crippen molar-refractivity contribution >= 4 is 5.97 Å². The number of nitrogens with zero attached hydrogens (tertiary/aromatic N) is 1. The van der Waals surface area contributed by atoms with E-state index in [0.717, 1.165) is 11.1 Å². The number of carboxylic acids is 1. The van der Waals surface area contributed by atoms with E-state index in [1.165, 1.54) is 6.92 Å². The number of H-pyrrole nitrogens is 1. The molecule has 0 aliphatic rings. The first-order valence-corrected chi connectivity index (χ1v) is 5.40. The maximum absolute atomic E-state index is 11.7. The molecule has 0 amide bonds. The number of carboxylic acid groups (broad SMARTS) is 1. The summed E-state index contributed by atoms with van der Waals surface area (Å²) in [7, 11) is 0. The lowest BCUT2D eigenvalue weighted by Gasteiger charge is -2.04. The number of aromatic nitrogens is 2. The molecule has 2 aromatic rings. The third-order valence-electron chi connectivity index (χ3n) is 2.64. The van der Waals surface area contributed by atoms with Crippen molar-refractivity contribution < 1.29 is 9.90 Å². The van der Waals surface area contributed by atoms with Crippen LogP contribution in [0.4, 0.5) is 0 Å². The van der Waals surface area contributed by atoms with Gasteiger partial charge in [0.05, 0.1) is 5.69 Å². The average Bonchev–Trinajstić information content (AvgIpc) is 2.28. The average molecular weight is 244 g/mol. The SMILES string of the molecule is Cc1ccc(-c2nc(C)c(C(=O)O)c(=O)[nH]2)cc1. The molecule has 0 unspecified atom stereocenters. The molecule has 0 bridgehead atoms. The second kappa shape index (κ2) is 4.44. The third-order valence-corrected chi connectivity index (χ3v) is 2.64. The second-order valence-electron chi connectivity index (χ2n) is 4.05. The number of aryl methyl sites for hydroxylation is 2. The Morgan fingerprint density at radius 1 is 1.22 bits per heavy atom. The predicted molar refractivity (Wildman–Crippen MR) is 66.7 cm³/mol. The summed E-state index contributed by atoms with van der Waals surface area (Å²) in [6.07, 6.45) is 0. The van der Waals surface area contributed by atoms with Crippen LogP contribution in [0.5, 0.6) is 0 Å². The molecule has 5 nitrogen and oxygen atoms in total. The van der Waals surface area contributed by atoms with Crippen LogP contribution < -0.4 is 5.56 Å². The van der Waals surface area contributed by atoms with Crippen LogP contribution in [0.25, 0.3) is 11.4 Å². The maximum atomic E-state index is 11.7. The van der Waals surface area contributed by atoms with E-state index in [0.29, 0.717) is 5.82 Å². The van der Waals surface area contributed by atoms with E-state index in [4.69, 9.17) is 5.11 Å².